The van der Waals surface area contributed by atoms with Gasteiger partial charge < -0.3 is 10.4 Å². The van der Waals surface area contributed by atoms with Gasteiger partial charge >= 0.3 is 0 Å². The fourth-order valence-electron chi connectivity index (χ4n) is 3.92. The minimum Gasteiger partial charge on any atom is -0.508 e. The smallest absolute Gasteiger partial charge is 0.224 e. The zero-order chi connectivity index (χ0) is 24.8. The van der Waals surface area contributed by atoms with Crippen LogP contribution in [0.15, 0.2) is 79.0 Å². The summed E-state index contributed by atoms with van der Waals surface area (Å²) in [6, 6.07) is 23.0. The molecule has 180 valence electrons. The van der Waals surface area contributed by atoms with Gasteiger partial charge in [-0.25, -0.2) is 4.68 Å². The summed E-state index contributed by atoms with van der Waals surface area (Å²) in [7, 11) is 0. The van der Waals surface area contributed by atoms with Crippen LogP contribution in [0, 0.1) is 0 Å². The molecule has 2 heterocycles. The number of nitrogens with one attached hydrogen (secondary N) is 1. The predicted molar refractivity (Wildman–Crippen MR) is 140 cm³/mol. The number of unbranched alkanes of at least 4 members (excludes halogenated alkanes) is 1. The average molecular weight is 469 g/mol. The van der Waals surface area contributed by atoms with Crippen molar-refractivity contribution in [1.82, 2.24) is 14.8 Å². The quantitative estimate of drug-likeness (QED) is 0.235. The van der Waals surface area contributed by atoms with Gasteiger partial charge in [0.2, 0.25) is 5.91 Å². The largest absolute Gasteiger partial charge is 0.508 e. The number of phenolic OH excluding ortho intramolecular Hbond substituents is 1. The van der Waals surface area contributed by atoms with Crippen LogP contribution < -0.4 is 5.32 Å². The first kappa shape index (κ1) is 24.2. The van der Waals surface area contributed by atoms with Crippen molar-refractivity contribution in [3.05, 3.63) is 90.3 Å². The molecule has 0 aliphatic rings. The maximum absolute atomic E-state index is 12.3. The third-order valence-corrected chi connectivity index (χ3v) is 5.93. The van der Waals surface area contributed by atoms with Crippen molar-refractivity contribution in [3.63, 3.8) is 0 Å². The van der Waals surface area contributed by atoms with Gasteiger partial charge in [0, 0.05) is 24.0 Å². The van der Waals surface area contributed by atoms with E-state index < -0.39 is 0 Å². The maximum atomic E-state index is 12.3. The molecular weight excluding hydrogens is 436 g/mol. The third kappa shape index (κ3) is 6.35. The van der Waals surface area contributed by atoms with Crippen LogP contribution in [0.2, 0.25) is 0 Å². The van der Waals surface area contributed by atoms with Gasteiger partial charge in [0.25, 0.3) is 0 Å². The van der Waals surface area contributed by atoms with Crippen LogP contribution >= 0.6 is 0 Å². The molecule has 0 atom stereocenters. The number of aromatic nitrogens is 3. The van der Waals surface area contributed by atoms with Crippen LogP contribution in [0.1, 0.15) is 51.3 Å². The summed E-state index contributed by atoms with van der Waals surface area (Å²) in [6.07, 6.45) is 4.63. The molecule has 0 aliphatic carbocycles. The van der Waals surface area contributed by atoms with Crippen molar-refractivity contribution in [2.45, 2.75) is 51.9 Å². The molecule has 0 fully saturated rings. The Morgan fingerprint density at radius 1 is 0.943 bits per heavy atom. The molecule has 4 rings (SSSR count). The number of rotatable bonds is 8. The van der Waals surface area contributed by atoms with Crippen LogP contribution in [0.3, 0.4) is 0 Å². The molecule has 2 aromatic heterocycles. The number of nitrogens with zero attached hydrogens (tertiary/aromatic N) is 3. The molecule has 0 saturated carbocycles. The molecule has 0 bridgehead atoms. The zero-order valence-corrected chi connectivity index (χ0v) is 20.5. The fourth-order valence-corrected chi connectivity index (χ4v) is 3.92. The van der Waals surface area contributed by atoms with Crippen molar-refractivity contribution in [2.24, 2.45) is 0 Å². The lowest BCUT2D eigenvalue weighted by Gasteiger charge is -2.19. The standard InChI is InChI=1S/C29H32N4O2/c1-29(2,3)21-11-15-23(16-12-21)33-24(20-27(32-33)26-9-6-7-19-30-26)8-4-5-10-28(35)31-22-13-17-25(34)18-14-22/h6-7,9,11-20,34H,4-5,8,10H2,1-3H3,(H,31,35). The Morgan fingerprint density at radius 2 is 1.69 bits per heavy atom. The molecule has 0 spiro atoms. The van der Waals surface area contributed by atoms with E-state index in [1.165, 1.54) is 5.56 Å². The van der Waals surface area contributed by atoms with Crippen molar-refractivity contribution >= 4 is 11.6 Å². The topological polar surface area (TPSA) is 80.0 Å². The molecule has 0 radical (unpaired) electrons. The minimum atomic E-state index is -0.0314. The lowest BCUT2D eigenvalue weighted by Crippen LogP contribution is -2.12. The number of aromatic hydroxyl groups is 1. The summed E-state index contributed by atoms with van der Waals surface area (Å²) >= 11 is 0. The predicted octanol–water partition coefficient (Wildman–Crippen LogP) is 6.29. The van der Waals surface area contributed by atoms with Gasteiger partial charge in [0.15, 0.2) is 0 Å². The number of carbonyl (C=O) groups excluding carboxylic acids is 1. The normalized spacial score (nSPS) is 11.4. The first-order valence-electron chi connectivity index (χ1n) is 12.0. The maximum Gasteiger partial charge on any atom is 0.224 e. The molecule has 1 amide bonds. The number of pyridine rings is 1. The average Bonchev–Trinajstić information content (AvgIpc) is 3.28. The second-order valence-electron chi connectivity index (χ2n) is 9.75. The van der Waals surface area contributed by atoms with Crippen molar-refractivity contribution in [1.29, 1.82) is 0 Å². The highest BCUT2D eigenvalue weighted by Crippen LogP contribution is 2.26. The summed E-state index contributed by atoms with van der Waals surface area (Å²) < 4.78 is 1.99. The summed E-state index contributed by atoms with van der Waals surface area (Å²) in [5, 5.41) is 17.1. The molecule has 4 aromatic rings. The molecule has 2 aromatic carbocycles. The number of carbonyl (C=O) groups is 1. The third-order valence-electron chi connectivity index (χ3n) is 5.93. The van der Waals surface area contributed by atoms with E-state index in [1.807, 2.05) is 22.9 Å². The van der Waals surface area contributed by atoms with Crippen molar-refractivity contribution < 1.29 is 9.90 Å². The minimum absolute atomic E-state index is 0.0314. The summed E-state index contributed by atoms with van der Waals surface area (Å²) in [5.41, 5.74) is 5.83. The van der Waals surface area contributed by atoms with Gasteiger partial charge in [-0.1, -0.05) is 39.0 Å². The lowest BCUT2D eigenvalue weighted by atomic mass is 9.87. The Kier molecular flexibility index (Phi) is 7.30. The molecule has 0 saturated heterocycles. The van der Waals surface area contributed by atoms with E-state index in [9.17, 15) is 9.90 Å². The molecule has 0 aliphatic heterocycles. The number of anilines is 1. The van der Waals surface area contributed by atoms with Crippen molar-refractivity contribution in [2.75, 3.05) is 5.32 Å². The number of aryl methyl sites for hydroxylation is 1. The van der Waals surface area contributed by atoms with E-state index in [-0.39, 0.29) is 17.1 Å². The van der Waals surface area contributed by atoms with Gasteiger partial charge in [-0.15, -0.1) is 0 Å². The molecule has 6 heteroatoms. The van der Waals surface area contributed by atoms with E-state index in [2.05, 4.69) is 61.4 Å². The number of hydrogen-bond donors (Lipinski definition) is 2. The van der Waals surface area contributed by atoms with E-state index in [0.717, 1.165) is 42.0 Å². The van der Waals surface area contributed by atoms with E-state index in [1.54, 1.807) is 30.5 Å². The first-order valence-corrected chi connectivity index (χ1v) is 12.0. The van der Waals surface area contributed by atoms with Crippen LogP contribution in [-0.2, 0) is 16.6 Å². The summed E-state index contributed by atoms with van der Waals surface area (Å²) in [4.78, 5) is 16.8. The second kappa shape index (κ2) is 10.6. The fraction of sp³-hybridized carbons (Fsp3) is 0.276. The van der Waals surface area contributed by atoms with E-state index in [0.29, 0.717) is 12.1 Å². The Bertz CT molecular complexity index is 1260. The van der Waals surface area contributed by atoms with Gasteiger partial charge in [-0.2, -0.15) is 5.10 Å². The highest BCUT2D eigenvalue weighted by molar-refractivity contribution is 5.90. The number of amides is 1. The van der Waals surface area contributed by atoms with Gasteiger partial charge in [-0.3, -0.25) is 9.78 Å². The van der Waals surface area contributed by atoms with Crippen molar-refractivity contribution in [3.8, 4) is 22.8 Å². The highest BCUT2D eigenvalue weighted by atomic mass is 16.3. The second-order valence-corrected chi connectivity index (χ2v) is 9.75. The molecule has 6 nitrogen and oxygen atoms in total. The Hall–Kier alpha value is -3.93. The molecule has 2 N–H and O–H groups in total. The SMILES string of the molecule is CC(C)(C)c1ccc(-n2nc(-c3ccccn3)cc2CCCCC(=O)Nc2ccc(O)cc2)cc1. The number of hydrogen-bond acceptors (Lipinski definition) is 4. The molecular formula is C29H32N4O2. The molecule has 35 heavy (non-hydrogen) atoms. The first-order chi connectivity index (χ1) is 16.8. The van der Waals surface area contributed by atoms with Gasteiger partial charge in [0.1, 0.15) is 11.4 Å². The summed E-state index contributed by atoms with van der Waals surface area (Å²) in [6.45, 7) is 6.62. The highest BCUT2D eigenvalue weighted by Gasteiger charge is 2.16. The van der Waals surface area contributed by atoms with Crippen LogP contribution in [0.25, 0.3) is 17.1 Å². The monoisotopic (exact) mass is 468 g/mol. The Morgan fingerprint density at radius 3 is 2.34 bits per heavy atom. The van der Waals surface area contributed by atoms with Gasteiger partial charge in [-0.05, 0) is 84.8 Å². The summed E-state index contributed by atoms with van der Waals surface area (Å²) in [5.74, 6) is 0.147. The van der Waals surface area contributed by atoms with E-state index >= 15 is 0 Å². The van der Waals surface area contributed by atoms with Crippen LogP contribution in [-0.4, -0.2) is 25.8 Å². The van der Waals surface area contributed by atoms with Gasteiger partial charge in [0.05, 0.1) is 11.4 Å². The number of benzene rings is 2. The Labute approximate surface area is 206 Å². The van der Waals surface area contributed by atoms with Crippen LogP contribution in [0.5, 0.6) is 5.75 Å². The number of phenols is 1. The van der Waals surface area contributed by atoms with E-state index in [4.69, 9.17) is 5.10 Å². The lowest BCUT2D eigenvalue weighted by molar-refractivity contribution is -0.116. The Balaban J connectivity index is 1.45. The van der Waals surface area contributed by atoms with Crippen LogP contribution in [0.4, 0.5) is 5.69 Å². The molecule has 0 unspecified atom stereocenters. The zero-order valence-electron chi connectivity index (χ0n) is 20.5.